The SMILES string of the molecule is CCCCCCCCCC(=O)N(CCCOCC)CC(=O)N(Cc1ccccc1)Cc1cccs1. The molecule has 2 rings (SSSR count). The Morgan fingerprint density at radius 3 is 2.23 bits per heavy atom. The normalized spacial score (nSPS) is 10.9. The van der Waals surface area contributed by atoms with E-state index >= 15 is 0 Å². The monoisotopic (exact) mass is 500 g/mol. The quantitative estimate of drug-likeness (QED) is 0.202. The third kappa shape index (κ3) is 12.4. The van der Waals surface area contributed by atoms with E-state index in [1.54, 1.807) is 16.2 Å². The highest BCUT2D eigenvalue weighted by Gasteiger charge is 2.22. The van der Waals surface area contributed by atoms with Crippen LogP contribution in [-0.4, -0.2) is 47.9 Å². The fraction of sp³-hybridized carbons (Fsp3) is 0.586. The number of amides is 2. The van der Waals surface area contributed by atoms with Crippen molar-refractivity contribution >= 4 is 23.2 Å². The zero-order valence-corrected chi connectivity index (χ0v) is 22.6. The van der Waals surface area contributed by atoms with Crippen LogP contribution in [0.5, 0.6) is 0 Å². The van der Waals surface area contributed by atoms with Crippen molar-refractivity contribution in [2.24, 2.45) is 0 Å². The number of hydrogen-bond acceptors (Lipinski definition) is 4. The molecule has 1 aromatic heterocycles. The second-order valence-electron chi connectivity index (χ2n) is 9.05. The molecule has 194 valence electrons. The maximum Gasteiger partial charge on any atom is 0.242 e. The van der Waals surface area contributed by atoms with Crippen LogP contribution >= 0.6 is 11.3 Å². The highest BCUT2D eigenvalue weighted by atomic mass is 32.1. The molecular formula is C29H44N2O3S. The van der Waals surface area contributed by atoms with Gasteiger partial charge in [-0.1, -0.05) is 81.8 Å². The lowest BCUT2D eigenvalue weighted by Gasteiger charge is -2.28. The average molecular weight is 501 g/mol. The van der Waals surface area contributed by atoms with Gasteiger partial charge in [-0.25, -0.2) is 0 Å². The number of rotatable bonds is 19. The van der Waals surface area contributed by atoms with Gasteiger partial charge in [-0.3, -0.25) is 9.59 Å². The molecule has 2 aromatic rings. The number of thiophene rings is 1. The minimum absolute atomic E-state index is 0.00780. The van der Waals surface area contributed by atoms with Gasteiger partial charge < -0.3 is 14.5 Å². The van der Waals surface area contributed by atoms with Crippen molar-refractivity contribution in [2.45, 2.75) is 84.7 Å². The predicted molar refractivity (Wildman–Crippen MR) is 145 cm³/mol. The van der Waals surface area contributed by atoms with E-state index < -0.39 is 0 Å². The van der Waals surface area contributed by atoms with Crippen molar-refractivity contribution in [1.29, 1.82) is 0 Å². The van der Waals surface area contributed by atoms with Gasteiger partial charge in [0.2, 0.25) is 11.8 Å². The summed E-state index contributed by atoms with van der Waals surface area (Å²) in [6.45, 7) is 7.24. The van der Waals surface area contributed by atoms with Crippen LogP contribution in [0.2, 0.25) is 0 Å². The largest absolute Gasteiger partial charge is 0.382 e. The first-order valence-corrected chi connectivity index (χ1v) is 14.2. The van der Waals surface area contributed by atoms with E-state index in [0.717, 1.165) is 29.7 Å². The number of ether oxygens (including phenoxy) is 1. The summed E-state index contributed by atoms with van der Waals surface area (Å²) in [6.07, 6.45) is 9.48. The number of benzene rings is 1. The summed E-state index contributed by atoms with van der Waals surface area (Å²) in [5.74, 6) is 0.0748. The average Bonchev–Trinajstić information content (AvgIpc) is 3.38. The third-order valence-corrected chi connectivity index (χ3v) is 6.95. The van der Waals surface area contributed by atoms with Gasteiger partial charge in [-0.05, 0) is 36.8 Å². The third-order valence-electron chi connectivity index (χ3n) is 6.09. The van der Waals surface area contributed by atoms with Crippen LogP contribution in [0.15, 0.2) is 47.8 Å². The number of hydrogen-bond donors (Lipinski definition) is 0. The highest BCUT2D eigenvalue weighted by molar-refractivity contribution is 7.09. The van der Waals surface area contributed by atoms with Crippen LogP contribution in [0.1, 0.15) is 82.1 Å². The fourth-order valence-corrected chi connectivity index (χ4v) is 4.79. The first kappa shape index (κ1) is 29.1. The Hall–Kier alpha value is -2.18. The summed E-state index contributed by atoms with van der Waals surface area (Å²) in [5.41, 5.74) is 1.09. The molecule has 0 radical (unpaired) electrons. The lowest BCUT2D eigenvalue weighted by molar-refractivity contribution is -0.141. The van der Waals surface area contributed by atoms with Crippen molar-refractivity contribution in [3.63, 3.8) is 0 Å². The van der Waals surface area contributed by atoms with Crippen LogP contribution in [0.4, 0.5) is 0 Å². The summed E-state index contributed by atoms with van der Waals surface area (Å²) >= 11 is 1.65. The van der Waals surface area contributed by atoms with Crippen molar-refractivity contribution in [1.82, 2.24) is 9.80 Å². The molecule has 5 nitrogen and oxygen atoms in total. The van der Waals surface area contributed by atoms with Gasteiger partial charge in [0.25, 0.3) is 0 Å². The Balaban J connectivity index is 1.97. The summed E-state index contributed by atoms with van der Waals surface area (Å²) in [5, 5.41) is 2.03. The molecule has 0 spiro atoms. The molecule has 0 bridgehead atoms. The molecular weight excluding hydrogens is 456 g/mol. The molecule has 0 fully saturated rings. The van der Waals surface area contributed by atoms with Crippen LogP contribution < -0.4 is 0 Å². The van der Waals surface area contributed by atoms with Crippen LogP contribution in [0.25, 0.3) is 0 Å². The molecule has 0 unspecified atom stereocenters. The molecule has 2 amide bonds. The molecule has 0 aliphatic carbocycles. The van der Waals surface area contributed by atoms with E-state index in [4.69, 9.17) is 4.74 Å². The minimum atomic E-state index is -0.00780. The van der Waals surface area contributed by atoms with Gasteiger partial charge in [0.05, 0.1) is 13.1 Å². The zero-order valence-electron chi connectivity index (χ0n) is 21.8. The Labute approximate surface area is 216 Å². The summed E-state index contributed by atoms with van der Waals surface area (Å²) in [6, 6.07) is 14.1. The van der Waals surface area contributed by atoms with E-state index in [0.29, 0.717) is 39.3 Å². The maximum atomic E-state index is 13.5. The number of nitrogens with zero attached hydrogens (tertiary/aromatic N) is 2. The number of unbranched alkanes of at least 4 members (excludes halogenated alkanes) is 6. The number of carbonyl (C=O) groups excluding carboxylic acids is 2. The molecule has 0 aliphatic rings. The summed E-state index contributed by atoms with van der Waals surface area (Å²) in [4.78, 5) is 31.3. The van der Waals surface area contributed by atoms with Gasteiger partial charge in [0, 0.05) is 37.6 Å². The Kier molecular flexibility index (Phi) is 15.1. The first-order chi connectivity index (χ1) is 17.1. The van der Waals surface area contributed by atoms with E-state index in [9.17, 15) is 9.59 Å². The van der Waals surface area contributed by atoms with Gasteiger partial charge in [-0.2, -0.15) is 0 Å². The second kappa shape index (κ2) is 18.1. The topological polar surface area (TPSA) is 49.9 Å². The van der Waals surface area contributed by atoms with Gasteiger partial charge >= 0.3 is 0 Å². The Bertz CT molecular complexity index is 811. The Morgan fingerprint density at radius 1 is 0.800 bits per heavy atom. The van der Waals surface area contributed by atoms with Gasteiger partial charge in [0.1, 0.15) is 0 Å². The number of carbonyl (C=O) groups is 2. The molecule has 0 saturated carbocycles. The van der Waals surface area contributed by atoms with Gasteiger partial charge in [0.15, 0.2) is 0 Å². The van der Waals surface area contributed by atoms with Crippen molar-refractivity contribution < 1.29 is 14.3 Å². The highest BCUT2D eigenvalue weighted by Crippen LogP contribution is 2.16. The lowest BCUT2D eigenvalue weighted by Crippen LogP contribution is -2.43. The lowest BCUT2D eigenvalue weighted by atomic mass is 10.1. The van der Waals surface area contributed by atoms with E-state index in [1.807, 2.05) is 53.6 Å². The summed E-state index contributed by atoms with van der Waals surface area (Å²) < 4.78 is 5.48. The molecule has 0 saturated heterocycles. The molecule has 35 heavy (non-hydrogen) atoms. The molecule has 0 N–H and O–H groups in total. The summed E-state index contributed by atoms with van der Waals surface area (Å²) in [7, 11) is 0. The predicted octanol–water partition coefficient (Wildman–Crippen LogP) is 6.67. The molecule has 0 aliphatic heterocycles. The smallest absolute Gasteiger partial charge is 0.242 e. The maximum absolute atomic E-state index is 13.5. The van der Waals surface area contributed by atoms with Crippen molar-refractivity contribution in [3.05, 3.63) is 58.3 Å². The minimum Gasteiger partial charge on any atom is -0.382 e. The second-order valence-corrected chi connectivity index (χ2v) is 10.1. The molecule has 1 heterocycles. The van der Waals surface area contributed by atoms with Crippen molar-refractivity contribution in [3.8, 4) is 0 Å². The van der Waals surface area contributed by atoms with Crippen LogP contribution in [0, 0.1) is 0 Å². The first-order valence-electron chi connectivity index (χ1n) is 13.3. The Morgan fingerprint density at radius 2 is 1.54 bits per heavy atom. The molecule has 6 heteroatoms. The van der Waals surface area contributed by atoms with Gasteiger partial charge in [-0.15, -0.1) is 11.3 Å². The van der Waals surface area contributed by atoms with E-state index in [1.165, 1.54) is 32.1 Å². The van der Waals surface area contributed by atoms with Crippen LogP contribution in [0.3, 0.4) is 0 Å². The van der Waals surface area contributed by atoms with Crippen LogP contribution in [-0.2, 0) is 27.4 Å². The van der Waals surface area contributed by atoms with E-state index in [-0.39, 0.29) is 18.4 Å². The molecule has 0 atom stereocenters. The fourth-order valence-electron chi connectivity index (χ4n) is 4.08. The molecule has 1 aromatic carbocycles. The zero-order chi connectivity index (χ0) is 25.1. The van der Waals surface area contributed by atoms with E-state index in [2.05, 4.69) is 13.0 Å². The van der Waals surface area contributed by atoms with Crippen molar-refractivity contribution in [2.75, 3.05) is 26.3 Å². The standard InChI is InChI=1S/C29H44N2O3S/c1-3-5-6-7-8-9-13-19-28(32)30(20-15-21-34-4-2)25-29(33)31(24-27-18-14-22-35-27)23-26-16-11-10-12-17-26/h10-12,14,16-18,22H,3-9,13,15,19-21,23-25H2,1-2H3.